The van der Waals surface area contributed by atoms with Gasteiger partial charge in [0.05, 0.1) is 0 Å². The Bertz CT molecular complexity index is 1530. The first kappa shape index (κ1) is 48.4. The van der Waals surface area contributed by atoms with Crippen LogP contribution < -0.4 is 4.74 Å². The van der Waals surface area contributed by atoms with Gasteiger partial charge in [-0.05, 0) is 134 Å². The zero-order chi connectivity index (χ0) is 43.0. The molecule has 3 saturated carbocycles. The molecule has 0 radical (unpaired) electrons. The van der Waals surface area contributed by atoms with Gasteiger partial charge in [-0.3, -0.25) is 4.79 Å². The lowest BCUT2D eigenvalue weighted by Gasteiger charge is -2.58. The third-order valence-electron chi connectivity index (χ3n) is 16.5. The summed E-state index contributed by atoms with van der Waals surface area (Å²) < 4.78 is 11.7. The number of rotatable bonds is 25. The summed E-state index contributed by atoms with van der Waals surface area (Å²) in [4.78, 5) is 25.5. The summed E-state index contributed by atoms with van der Waals surface area (Å²) >= 11 is 0. The SMILES string of the molecule is CCCCCCCCCCCCCCCCCC(=O)Oc1ccc(C=CC(=O)OC2CCC3(C)C(=CCC4C3CCC3(C)C(C(C)C=CC(CC)C(C)C)CCC43)C2)cc1. The molecular weight excluding hydrogens is 737 g/mol. The van der Waals surface area contributed by atoms with E-state index in [1.165, 1.54) is 122 Å². The maximum absolute atomic E-state index is 13.0. The molecule has 9 atom stereocenters. The van der Waals surface area contributed by atoms with Gasteiger partial charge in [-0.15, -0.1) is 0 Å². The van der Waals surface area contributed by atoms with Gasteiger partial charge in [0.2, 0.25) is 0 Å². The third-order valence-corrected chi connectivity index (χ3v) is 16.5. The maximum Gasteiger partial charge on any atom is 0.331 e. The van der Waals surface area contributed by atoms with Gasteiger partial charge < -0.3 is 9.47 Å². The minimum absolute atomic E-state index is 0.0560. The van der Waals surface area contributed by atoms with Crippen LogP contribution in [0.25, 0.3) is 6.08 Å². The second-order valence-electron chi connectivity index (χ2n) is 20.9. The highest BCUT2D eigenvalue weighted by Gasteiger charge is 2.59. The van der Waals surface area contributed by atoms with Gasteiger partial charge in [-0.2, -0.15) is 0 Å². The highest BCUT2D eigenvalue weighted by atomic mass is 16.5. The van der Waals surface area contributed by atoms with Gasteiger partial charge in [0.25, 0.3) is 0 Å². The molecule has 1 aromatic carbocycles. The lowest BCUT2D eigenvalue weighted by atomic mass is 9.47. The van der Waals surface area contributed by atoms with Crippen LogP contribution in [0.4, 0.5) is 0 Å². The van der Waals surface area contributed by atoms with Crippen molar-refractivity contribution in [1.82, 2.24) is 0 Å². The standard InChI is InChI=1S/C56H88O4/c1-8-10-11-12-13-14-15-16-17-18-19-20-21-22-23-24-53(57)59-47-31-26-44(27-32-47)28-36-54(58)60-48-37-39-55(6)46(41-48)30-33-49-51-35-34-50(56(51,7)40-38-52(49)55)43(5)25-29-45(9-2)42(3)4/h25-32,36,42-43,45,48-52H,8-24,33-35,37-41H2,1-7H3. The number of ether oxygens (including phenoxy) is 2. The zero-order valence-corrected chi connectivity index (χ0v) is 39.6. The van der Waals surface area contributed by atoms with E-state index in [0.717, 1.165) is 61.3 Å². The molecule has 4 heteroatoms. The summed E-state index contributed by atoms with van der Waals surface area (Å²) in [5.41, 5.74) is 3.11. The summed E-state index contributed by atoms with van der Waals surface area (Å²) in [5.74, 6) is 5.31. The van der Waals surface area contributed by atoms with Gasteiger partial charge in [0.15, 0.2) is 0 Å². The van der Waals surface area contributed by atoms with E-state index >= 15 is 0 Å². The first-order valence-electron chi connectivity index (χ1n) is 25.6. The van der Waals surface area contributed by atoms with Crippen molar-refractivity contribution in [2.45, 2.75) is 215 Å². The van der Waals surface area contributed by atoms with E-state index in [-0.39, 0.29) is 23.5 Å². The second kappa shape index (κ2) is 24.3. The quantitative estimate of drug-likeness (QED) is 0.0324. The molecule has 0 heterocycles. The summed E-state index contributed by atoms with van der Waals surface area (Å²) in [5, 5.41) is 0. The van der Waals surface area contributed by atoms with Crippen molar-refractivity contribution < 1.29 is 19.1 Å². The predicted molar refractivity (Wildman–Crippen MR) is 253 cm³/mol. The Balaban J connectivity index is 0.976. The molecule has 4 nitrogen and oxygen atoms in total. The largest absolute Gasteiger partial charge is 0.459 e. The van der Waals surface area contributed by atoms with Gasteiger partial charge in [0, 0.05) is 18.9 Å². The molecule has 0 aromatic heterocycles. The van der Waals surface area contributed by atoms with Crippen LogP contribution in [0.2, 0.25) is 0 Å². The first-order chi connectivity index (χ1) is 29.0. The molecule has 0 aliphatic heterocycles. The number of hydrogen-bond donors (Lipinski definition) is 0. The number of fused-ring (bicyclic) bond motifs is 5. The topological polar surface area (TPSA) is 52.6 Å². The molecule has 0 spiro atoms. The van der Waals surface area contributed by atoms with Gasteiger partial charge >= 0.3 is 11.9 Å². The van der Waals surface area contributed by atoms with E-state index in [1.807, 2.05) is 24.3 Å². The van der Waals surface area contributed by atoms with Crippen molar-refractivity contribution in [1.29, 1.82) is 0 Å². The Hall–Kier alpha value is -2.62. The minimum atomic E-state index is -0.274. The van der Waals surface area contributed by atoms with E-state index in [9.17, 15) is 9.59 Å². The number of hydrogen-bond acceptors (Lipinski definition) is 4. The Labute approximate surface area is 368 Å². The van der Waals surface area contributed by atoms with Crippen molar-refractivity contribution >= 4 is 18.0 Å². The highest BCUT2D eigenvalue weighted by molar-refractivity contribution is 5.87. The van der Waals surface area contributed by atoms with E-state index < -0.39 is 0 Å². The smallest absolute Gasteiger partial charge is 0.331 e. The van der Waals surface area contributed by atoms with Crippen molar-refractivity contribution in [3.05, 3.63) is 59.7 Å². The molecular formula is C56H88O4. The number of carbonyl (C=O) groups is 2. The molecule has 0 N–H and O–H groups in total. The summed E-state index contributed by atoms with van der Waals surface area (Å²) in [6, 6.07) is 7.41. The number of esters is 2. The Kier molecular flexibility index (Phi) is 19.6. The average molecular weight is 825 g/mol. The summed E-state index contributed by atoms with van der Waals surface area (Å²) in [6.07, 6.45) is 42.0. The van der Waals surface area contributed by atoms with E-state index in [2.05, 4.69) is 66.7 Å². The molecule has 5 rings (SSSR count). The maximum atomic E-state index is 13.0. The number of unbranched alkanes of at least 4 members (excludes halogenated alkanes) is 14. The number of carbonyl (C=O) groups excluding carboxylic acids is 2. The van der Waals surface area contributed by atoms with Crippen molar-refractivity contribution in [2.24, 2.45) is 52.3 Å². The zero-order valence-electron chi connectivity index (χ0n) is 39.6. The van der Waals surface area contributed by atoms with Crippen LogP contribution in [0.5, 0.6) is 5.75 Å². The molecule has 0 bridgehead atoms. The third kappa shape index (κ3) is 13.4. The van der Waals surface area contributed by atoms with E-state index in [4.69, 9.17) is 9.47 Å². The van der Waals surface area contributed by atoms with Gasteiger partial charge in [-0.25, -0.2) is 4.79 Å². The molecule has 9 unspecified atom stereocenters. The monoisotopic (exact) mass is 825 g/mol. The lowest BCUT2D eigenvalue weighted by Crippen LogP contribution is -2.51. The molecule has 3 fully saturated rings. The highest BCUT2D eigenvalue weighted by Crippen LogP contribution is 2.67. The van der Waals surface area contributed by atoms with Gasteiger partial charge in [-0.1, -0.05) is 174 Å². The second-order valence-corrected chi connectivity index (χ2v) is 20.9. The summed E-state index contributed by atoms with van der Waals surface area (Å²) in [7, 11) is 0. The predicted octanol–water partition coefficient (Wildman–Crippen LogP) is 16.2. The van der Waals surface area contributed by atoms with Crippen LogP contribution in [0.1, 0.15) is 215 Å². The molecule has 4 aliphatic carbocycles. The van der Waals surface area contributed by atoms with E-state index in [1.54, 1.807) is 17.7 Å². The first-order valence-corrected chi connectivity index (χ1v) is 25.6. The fourth-order valence-corrected chi connectivity index (χ4v) is 12.8. The van der Waals surface area contributed by atoms with Crippen LogP contribution in [-0.4, -0.2) is 18.0 Å². The molecule has 4 aliphatic rings. The van der Waals surface area contributed by atoms with Crippen molar-refractivity contribution in [2.75, 3.05) is 0 Å². The fraction of sp³-hybridized carbons (Fsp3) is 0.750. The van der Waals surface area contributed by atoms with Crippen LogP contribution in [-0.2, 0) is 14.3 Å². The lowest BCUT2D eigenvalue weighted by molar-refractivity contribution is -0.145. The normalized spacial score (nSPS) is 28.6. The average Bonchev–Trinajstić information content (AvgIpc) is 3.59. The van der Waals surface area contributed by atoms with Gasteiger partial charge in [0.1, 0.15) is 11.9 Å². The number of allylic oxidation sites excluding steroid dienone is 3. The van der Waals surface area contributed by atoms with Crippen LogP contribution in [0, 0.1) is 52.3 Å². The molecule has 1 aromatic rings. The van der Waals surface area contributed by atoms with E-state index in [0.29, 0.717) is 35.3 Å². The summed E-state index contributed by atoms with van der Waals surface area (Å²) in [6.45, 7) is 17.1. The Morgan fingerprint density at radius 2 is 1.38 bits per heavy atom. The fourth-order valence-electron chi connectivity index (χ4n) is 12.8. The number of benzene rings is 1. The van der Waals surface area contributed by atoms with Crippen molar-refractivity contribution in [3.63, 3.8) is 0 Å². The Morgan fingerprint density at radius 3 is 2.00 bits per heavy atom. The van der Waals surface area contributed by atoms with Crippen molar-refractivity contribution in [3.8, 4) is 5.75 Å². The molecule has 0 saturated heterocycles. The molecule has 0 amide bonds. The molecule has 60 heavy (non-hydrogen) atoms. The Morgan fingerprint density at radius 1 is 0.750 bits per heavy atom. The van der Waals surface area contributed by atoms with Crippen LogP contribution in [0.15, 0.2) is 54.1 Å². The molecule has 336 valence electrons. The van der Waals surface area contributed by atoms with Crippen LogP contribution in [0.3, 0.4) is 0 Å². The van der Waals surface area contributed by atoms with Crippen LogP contribution >= 0.6 is 0 Å². The minimum Gasteiger partial charge on any atom is -0.459 e.